The van der Waals surface area contributed by atoms with Crippen molar-refractivity contribution in [3.63, 3.8) is 0 Å². The first kappa shape index (κ1) is 16.7. The molecule has 1 aliphatic rings. The van der Waals surface area contributed by atoms with Gasteiger partial charge in [0, 0.05) is 11.1 Å². The number of ether oxygens (including phenoxy) is 1. The molecule has 25 heavy (non-hydrogen) atoms. The third kappa shape index (κ3) is 2.77. The summed E-state index contributed by atoms with van der Waals surface area (Å²) in [5.41, 5.74) is -0.577. The summed E-state index contributed by atoms with van der Waals surface area (Å²) in [4.78, 5) is 26.7. The second-order valence-electron chi connectivity index (χ2n) is 5.80. The van der Waals surface area contributed by atoms with Crippen LogP contribution < -0.4 is 9.64 Å². The Morgan fingerprint density at radius 3 is 2.56 bits per heavy atom. The van der Waals surface area contributed by atoms with Crippen molar-refractivity contribution in [1.29, 1.82) is 0 Å². The van der Waals surface area contributed by atoms with Crippen molar-refractivity contribution in [3.05, 3.63) is 59.7 Å². The Morgan fingerprint density at radius 2 is 1.92 bits per heavy atom. The Morgan fingerprint density at radius 1 is 1.24 bits per heavy atom. The molecule has 2 aromatic rings. The summed E-state index contributed by atoms with van der Waals surface area (Å²) in [6.45, 7) is 0.0366. The lowest BCUT2D eigenvalue weighted by Gasteiger charge is -2.21. The van der Waals surface area contributed by atoms with E-state index in [9.17, 15) is 14.7 Å². The lowest BCUT2D eigenvalue weighted by Crippen LogP contribution is -2.42. The van der Waals surface area contributed by atoms with Crippen LogP contribution in [0.5, 0.6) is 5.75 Å². The molecule has 1 amide bonds. The highest BCUT2D eigenvalue weighted by Crippen LogP contribution is 2.42. The van der Waals surface area contributed by atoms with Crippen LogP contribution >= 0.6 is 0 Å². The van der Waals surface area contributed by atoms with E-state index in [1.165, 1.54) is 12.0 Å². The van der Waals surface area contributed by atoms with Gasteiger partial charge in [-0.25, -0.2) is 0 Å². The highest BCUT2D eigenvalue weighted by molar-refractivity contribution is 6.11. The number of amides is 1. The Labute approximate surface area is 145 Å². The van der Waals surface area contributed by atoms with Crippen molar-refractivity contribution < 1.29 is 19.4 Å². The van der Waals surface area contributed by atoms with Crippen molar-refractivity contribution in [2.45, 2.75) is 12.0 Å². The quantitative estimate of drug-likeness (QED) is 0.671. The molecular formula is C20H17NO4. The van der Waals surface area contributed by atoms with E-state index in [2.05, 4.69) is 5.92 Å². The molecule has 0 spiro atoms. The molecule has 5 nitrogen and oxygen atoms in total. The maximum absolute atomic E-state index is 12.7. The average Bonchev–Trinajstić information content (AvgIpc) is 2.84. The van der Waals surface area contributed by atoms with Gasteiger partial charge in [-0.3, -0.25) is 14.5 Å². The van der Waals surface area contributed by atoms with Crippen LogP contribution in [-0.2, 0) is 10.4 Å². The van der Waals surface area contributed by atoms with Gasteiger partial charge in [-0.2, -0.15) is 0 Å². The van der Waals surface area contributed by atoms with E-state index in [1.54, 1.807) is 48.5 Å². The molecule has 0 aliphatic carbocycles. The number of Topliss-reactive ketones (excluding diaryl/α,β-unsaturated/α-hetero) is 1. The van der Waals surface area contributed by atoms with E-state index in [0.29, 0.717) is 22.6 Å². The molecule has 1 heterocycles. The maximum Gasteiger partial charge on any atom is 0.265 e. The molecule has 2 aromatic carbocycles. The van der Waals surface area contributed by atoms with Gasteiger partial charge in [0.05, 0.1) is 25.8 Å². The number of anilines is 1. The fourth-order valence-corrected chi connectivity index (χ4v) is 3.04. The molecule has 1 N–H and O–H groups in total. The predicted molar refractivity (Wildman–Crippen MR) is 93.5 cm³/mol. The van der Waals surface area contributed by atoms with E-state index in [-0.39, 0.29) is 18.7 Å². The number of carbonyl (C=O) groups is 2. The lowest BCUT2D eigenvalue weighted by atomic mass is 9.88. The normalized spacial score (nSPS) is 18.6. The zero-order valence-electron chi connectivity index (χ0n) is 13.7. The van der Waals surface area contributed by atoms with E-state index in [4.69, 9.17) is 11.2 Å². The van der Waals surface area contributed by atoms with Crippen LogP contribution in [-0.4, -0.2) is 30.5 Å². The van der Waals surface area contributed by atoms with Crippen molar-refractivity contribution in [3.8, 4) is 18.1 Å². The molecule has 126 valence electrons. The fraction of sp³-hybridized carbons (Fsp3) is 0.200. The van der Waals surface area contributed by atoms with Crippen molar-refractivity contribution in [2.24, 2.45) is 0 Å². The topological polar surface area (TPSA) is 66.8 Å². The van der Waals surface area contributed by atoms with Gasteiger partial charge in [-0.1, -0.05) is 24.1 Å². The Kier molecular flexibility index (Phi) is 4.30. The number of methoxy groups -OCH3 is 1. The number of ketones is 1. The van der Waals surface area contributed by atoms with Crippen LogP contribution in [0.1, 0.15) is 22.3 Å². The van der Waals surface area contributed by atoms with Crippen LogP contribution in [0.4, 0.5) is 5.69 Å². The highest BCUT2D eigenvalue weighted by Gasteiger charge is 2.50. The molecule has 0 unspecified atom stereocenters. The van der Waals surface area contributed by atoms with E-state index in [0.717, 1.165) is 0 Å². The molecule has 0 fully saturated rings. The summed E-state index contributed by atoms with van der Waals surface area (Å²) in [6.07, 6.45) is 4.98. The summed E-state index contributed by atoms with van der Waals surface area (Å²) in [5.74, 6) is 2.12. The third-order valence-electron chi connectivity index (χ3n) is 4.32. The maximum atomic E-state index is 12.7. The lowest BCUT2D eigenvalue weighted by molar-refractivity contribution is -0.135. The number of hydrogen-bond acceptors (Lipinski definition) is 4. The highest BCUT2D eigenvalue weighted by atomic mass is 16.5. The molecule has 0 saturated carbocycles. The standard InChI is InChI=1S/C20H17NO4/c1-3-12-21-17-7-5-4-6-16(17)20(24,19(21)23)13-18(22)14-8-10-15(25-2)11-9-14/h1,4-11,24H,12-13H2,2H3/t20-/m0/s1. The Bertz CT molecular complexity index is 866. The summed E-state index contributed by atoms with van der Waals surface area (Å²) >= 11 is 0. The number of carbonyl (C=O) groups excluding carboxylic acids is 2. The summed E-state index contributed by atoms with van der Waals surface area (Å²) in [7, 11) is 1.54. The number of aliphatic hydroxyl groups is 1. The van der Waals surface area contributed by atoms with Crippen LogP contribution in [0.2, 0.25) is 0 Å². The average molecular weight is 335 g/mol. The minimum absolute atomic E-state index is 0.0366. The van der Waals surface area contributed by atoms with Crippen molar-refractivity contribution in [2.75, 3.05) is 18.6 Å². The molecule has 5 heteroatoms. The zero-order chi connectivity index (χ0) is 18.0. The molecular weight excluding hydrogens is 318 g/mol. The number of benzene rings is 2. The predicted octanol–water partition coefficient (Wildman–Crippen LogP) is 2.14. The molecule has 1 aliphatic heterocycles. The third-order valence-corrected chi connectivity index (χ3v) is 4.32. The van der Waals surface area contributed by atoms with E-state index >= 15 is 0 Å². The van der Waals surface area contributed by atoms with Gasteiger partial charge >= 0.3 is 0 Å². The molecule has 0 radical (unpaired) electrons. The fourth-order valence-electron chi connectivity index (χ4n) is 3.04. The van der Waals surface area contributed by atoms with Crippen LogP contribution in [0.25, 0.3) is 0 Å². The number of para-hydroxylation sites is 1. The van der Waals surface area contributed by atoms with Crippen LogP contribution in [0, 0.1) is 12.3 Å². The summed E-state index contributed by atoms with van der Waals surface area (Å²) < 4.78 is 5.07. The van der Waals surface area contributed by atoms with Gasteiger partial charge in [0.1, 0.15) is 5.75 Å². The minimum atomic E-state index is -1.91. The zero-order valence-corrected chi connectivity index (χ0v) is 13.7. The number of nitrogens with zero attached hydrogens (tertiary/aromatic N) is 1. The number of hydrogen-bond donors (Lipinski definition) is 1. The van der Waals surface area contributed by atoms with Gasteiger partial charge in [0.2, 0.25) is 0 Å². The van der Waals surface area contributed by atoms with Crippen molar-refractivity contribution in [1.82, 2.24) is 0 Å². The van der Waals surface area contributed by atoms with Crippen LogP contribution in [0.15, 0.2) is 48.5 Å². The number of rotatable bonds is 5. The molecule has 1 atom stereocenters. The van der Waals surface area contributed by atoms with Crippen LogP contribution in [0.3, 0.4) is 0 Å². The second kappa shape index (κ2) is 6.42. The first-order valence-electron chi connectivity index (χ1n) is 7.76. The Balaban J connectivity index is 1.94. The molecule has 0 saturated heterocycles. The molecule has 0 bridgehead atoms. The second-order valence-corrected chi connectivity index (χ2v) is 5.80. The van der Waals surface area contributed by atoms with Gasteiger partial charge in [-0.05, 0) is 30.3 Å². The van der Waals surface area contributed by atoms with Gasteiger partial charge in [0.25, 0.3) is 5.91 Å². The largest absolute Gasteiger partial charge is 0.497 e. The first-order valence-corrected chi connectivity index (χ1v) is 7.76. The SMILES string of the molecule is C#CCN1C(=O)[C@](O)(CC(=O)c2ccc(OC)cc2)c2ccccc21. The summed E-state index contributed by atoms with van der Waals surface area (Å²) in [5, 5.41) is 11.0. The monoisotopic (exact) mass is 335 g/mol. The smallest absolute Gasteiger partial charge is 0.265 e. The summed E-state index contributed by atoms with van der Waals surface area (Å²) in [6, 6.07) is 13.4. The van der Waals surface area contributed by atoms with E-state index in [1.807, 2.05) is 0 Å². The minimum Gasteiger partial charge on any atom is -0.497 e. The molecule has 3 rings (SSSR count). The first-order chi connectivity index (χ1) is 12.0. The molecule has 0 aromatic heterocycles. The number of fused-ring (bicyclic) bond motifs is 1. The Hall–Kier alpha value is -3.10. The van der Waals surface area contributed by atoms with Crippen molar-refractivity contribution >= 4 is 17.4 Å². The van der Waals surface area contributed by atoms with E-state index < -0.39 is 11.5 Å². The number of terminal acetylenes is 1. The van der Waals surface area contributed by atoms with Gasteiger partial charge in [0.15, 0.2) is 11.4 Å². The van der Waals surface area contributed by atoms with Gasteiger partial charge in [-0.15, -0.1) is 6.42 Å². The van der Waals surface area contributed by atoms with Gasteiger partial charge < -0.3 is 9.84 Å².